The summed E-state index contributed by atoms with van der Waals surface area (Å²) in [6.45, 7) is 2.35. The molecule has 0 aliphatic carbocycles. The van der Waals surface area contributed by atoms with E-state index in [-0.39, 0.29) is 16.8 Å². The highest BCUT2D eigenvalue weighted by atomic mass is 35.5. The van der Waals surface area contributed by atoms with E-state index in [1.165, 1.54) is 0 Å². The number of nitrogens with one attached hydrogen (secondary N) is 1. The molecule has 2 fully saturated rings. The van der Waals surface area contributed by atoms with Gasteiger partial charge in [0, 0.05) is 56.8 Å². The number of carbonyl (C=O) groups is 1. The third-order valence-electron chi connectivity index (χ3n) is 5.92. The molecule has 1 N–H and O–H groups in total. The molecular formula is C21H22Cl2F3N7O. The third-order valence-corrected chi connectivity index (χ3v) is 6.40. The van der Waals surface area contributed by atoms with E-state index in [1.54, 1.807) is 12.1 Å². The van der Waals surface area contributed by atoms with Crippen LogP contribution >= 0.6 is 23.2 Å². The monoisotopic (exact) mass is 515 g/mol. The number of rotatable bonds is 4. The Bertz CT molecular complexity index is 1050. The van der Waals surface area contributed by atoms with Gasteiger partial charge in [0.25, 0.3) is 0 Å². The fourth-order valence-electron chi connectivity index (χ4n) is 3.98. The number of carbonyl (C=O) groups excluding carboxylic acids is 1. The molecule has 2 aromatic heterocycles. The van der Waals surface area contributed by atoms with Crippen LogP contribution < -0.4 is 15.2 Å². The molecule has 2 aliphatic rings. The number of amides is 1. The minimum Gasteiger partial charge on any atom is -0.355 e. The molecule has 0 spiro atoms. The molecule has 0 unspecified atom stereocenters. The first-order valence-corrected chi connectivity index (χ1v) is 11.5. The van der Waals surface area contributed by atoms with E-state index in [0.29, 0.717) is 62.8 Å². The molecule has 2 aliphatic heterocycles. The van der Waals surface area contributed by atoms with Crippen LogP contribution in [0.4, 0.5) is 24.8 Å². The standard InChI is InChI=1S/C21H22Cl2F3N7O/c22-16-11-14(21(24,25)26)12-27-19(16)33-9-5-15(6-10-33)28-31-20(34)13-3-7-32(8-4-13)18-2-1-17(23)29-30-18/h1-2,11-13H,3-10H2,(H,31,34). The molecule has 13 heteroatoms. The van der Waals surface area contributed by atoms with E-state index in [2.05, 4.69) is 30.6 Å². The summed E-state index contributed by atoms with van der Waals surface area (Å²) in [4.78, 5) is 20.3. The lowest BCUT2D eigenvalue weighted by Gasteiger charge is -2.31. The van der Waals surface area contributed by atoms with Crippen LogP contribution in [-0.4, -0.2) is 53.0 Å². The zero-order valence-corrected chi connectivity index (χ0v) is 19.5. The van der Waals surface area contributed by atoms with Crippen molar-refractivity contribution in [2.75, 3.05) is 36.0 Å². The van der Waals surface area contributed by atoms with Crippen molar-refractivity contribution in [3.8, 4) is 0 Å². The topological polar surface area (TPSA) is 86.6 Å². The number of piperidine rings is 2. The van der Waals surface area contributed by atoms with Crippen molar-refractivity contribution in [1.29, 1.82) is 0 Å². The van der Waals surface area contributed by atoms with Gasteiger partial charge >= 0.3 is 6.18 Å². The predicted octanol–water partition coefficient (Wildman–Crippen LogP) is 4.19. The number of alkyl halides is 3. The maximum absolute atomic E-state index is 12.8. The summed E-state index contributed by atoms with van der Waals surface area (Å²) in [5, 5.41) is 12.5. The molecule has 8 nitrogen and oxygen atoms in total. The minimum atomic E-state index is -4.49. The zero-order chi connectivity index (χ0) is 24.3. The molecule has 34 heavy (non-hydrogen) atoms. The molecule has 2 saturated heterocycles. The lowest BCUT2D eigenvalue weighted by Crippen LogP contribution is -2.40. The third kappa shape index (κ3) is 5.87. The number of anilines is 2. The van der Waals surface area contributed by atoms with Crippen molar-refractivity contribution in [2.24, 2.45) is 11.0 Å². The Morgan fingerprint density at radius 3 is 2.35 bits per heavy atom. The molecule has 0 atom stereocenters. The van der Waals surface area contributed by atoms with Gasteiger partial charge in [-0.25, -0.2) is 10.4 Å². The highest BCUT2D eigenvalue weighted by Gasteiger charge is 2.32. The van der Waals surface area contributed by atoms with Crippen molar-refractivity contribution in [3.63, 3.8) is 0 Å². The Morgan fingerprint density at radius 2 is 1.76 bits per heavy atom. The smallest absolute Gasteiger partial charge is 0.355 e. The van der Waals surface area contributed by atoms with Gasteiger partial charge < -0.3 is 9.80 Å². The summed E-state index contributed by atoms with van der Waals surface area (Å²) in [6, 6.07) is 4.38. The van der Waals surface area contributed by atoms with E-state index in [0.717, 1.165) is 23.8 Å². The summed E-state index contributed by atoms with van der Waals surface area (Å²) in [5.74, 6) is 0.785. The van der Waals surface area contributed by atoms with Gasteiger partial charge in [-0.3, -0.25) is 4.79 Å². The number of hydrazone groups is 1. The molecule has 0 radical (unpaired) electrons. The predicted molar refractivity (Wildman–Crippen MR) is 123 cm³/mol. The Balaban J connectivity index is 1.25. The molecule has 4 heterocycles. The minimum absolute atomic E-state index is 0.0422. The summed E-state index contributed by atoms with van der Waals surface area (Å²) < 4.78 is 38.4. The van der Waals surface area contributed by atoms with Gasteiger partial charge in [-0.2, -0.15) is 18.3 Å². The second kappa shape index (κ2) is 10.3. The quantitative estimate of drug-likeness (QED) is 0.614. The molecular weight excluding hydrogens is 494 g/mol. The molecule has 1 amide bonds. The van der Waals surface area contributed by atoms with Crippen LogP contribution in [0.1, 0.15) is 31.2 Å². The first-order chi connectivity index (χ1) is 16.2. The number of nitrogens with zero attached hydrogens (tertiary/aromatic N) is 6. The van der Waals surface area contributed by atoms with Gasteiger partial charge in [-0.1, -0.05) is 23.2 Å². The van der Waals surface area contributed by atoms with Crippen molar-refractivity contribution in [2.45, 2.75) is 31.9 Å². The summed E-state index contributed by atoms with van der Waals surface area (Å²) in [7, 11) is 0. The van der Waals surface area contributed by atoms with Gasteiger partial charge in [0.2, 0.25) is 5.91 Å². The molecule has 4 rings (SSSR count). The molecule has 182 valence electrons. The van der Waals surface area contributed by atoms with Gasteiger partial charge in [0.1, 0.15) is 5.82 Å². The SMILES string of the molecule is O=C(NN=C1CCN(c2ncc(C(F)(F)F)cc2Cl)CC1)C1CCN(c2ccc(Cl)nn2)CC1. The Morgan fingerprint density at radius 1 is 1.06 bits per heavy atom. The van der Waals surface area contributed by atoms with Crippen molar-refractivity contribution in [1.82, 2.24) is 20.6 Å². The molecule has 2 aromatic rings. The summed E-state index contributed by atoms with van der Waals surface area (Å²) >= 11 is 11.8. The lowest BCUT2D eigenvalue weighted by atomic mass is 9.96. The molecule has 0 bridgehead atoms. The van der Waals surface area contributed by atoms with Gasteiger partial charge in [-0.15, -0.1) is 10.2 Å². The zero-order valence-electron chi connectivity index (χ0n) is 18.0. The largest absolute Gasteiger partial charge is 0.417 e. The van der Waals surface area contributed by atoms with Gasteiger partial charge in [0.05, 0.1) is 10.6 Å². The van der Waals surface area contributed by atoms with E-state index in [9.17, 15) is 18.0 Å². The van der Waals surface area contributed by atoms with Crippen LogP contribution in [0.15, 0.2) is 29.5 Å². The number of aromatic nitrogens is 3. The number of halogens is 5. The van der Waals surface area contributed by atoms with Crippen LogP contribution in [0.2, 0.25) is 10.2 Å². The highest BCUT2D eigenvalue weighted by Crippen LogP contribution is 2.34. The number of hydrogen-bond acceptors (Lipinski definition) is 7. The van der Waals surface area contributed by atoms with Crippen molar-refractivity contribution < 1.29 is 18.0 Å². The van der Waals surface area contributed by atoms with Crippen LogP contribution in [0.25, 0.3) is 0 Å². The van der Waals surface area contributed by atoms with E-state index >= 15 is 0 Å². The van der Waals surface area contributed by atoms with E-state index in [4.69, 9.17) is 23.2 Å². The maximum atomic E-state index is 12.8. The molecule has 0 aromatic carbocycles. The Labute approximate surface area is 204 Å². The number of pyridine rings is 1. The number of hydrogen-bond donors (Lipinski definition) is 1. The summed E-state index contributed by atoms with van der Waals surface area (Å²) in [6.07, 6.45) is -1.26. The normalized spacial score (nSPS) is 17.6. The van der Waals surface area contributed by atoms with Crippen LogP contribution in [0, 0.1) is 5.92 Å². The fourth-order valence-corrected chi connectivity index (χ4v) is 4.37. The van der Waals surface area contributed by atoms with Crippen molar-refractivity contribution >= 4 is 46.5 Å². The van der Waals surface area contributed by atoms with Crippen molar-refractivity contribution in [3.05, 3.63) is 40.1 Å². The van der Waals surface area contributed by atoms with Crippen LogP contribution in [0.5, 0.6) is 0 Å². The maximum Gasteiger partial charge on any atom is 0.417 e. The first kappa shape index (κ1) is 24.5. The second-order valence-electron chi connectivity index (χ2n) is 8.14. The van der Waals surface area contributed by atoms with E-state index < -0.39 is 11.7 Å². The second-order valence-corrected chi connectivity index (χ2v) is 8.94. The van der Waals surface area contributed by atoms with E-state index in [1.807, 2.05) is 4.90 Å². The fraction of sp³-hybridized carbons (Fsp3) is 0.476. The average molecular weight is 516 g/mol. The first-order valence-electron chi connectivity index (χ1n) is 10.8. The Hall–Kier alpha value is -2.66. The molecule has 0 saturated carbocycles. The Kier molecular flexibility index (Phi) is 7.42. The summed E-state index contributed by atoms with van der Waals surface area (Å²) in [5.41, 5.74) is 2.62. The van der Waals surface area contributed by atoms with Gasteiger partial charge in [-0.05, 0) is 31.0 Å². The lowest BCUT2D eigenvalue weighted by molar-refractivity contribution is -0.137. The van der Waals surface area contributed by atoms with Crippen LogP contribution in [-0.2, 0) is 11.0 Å². The van der Waals surface area contributed by atoms with Gasteiger partial charge in [0.15, 0.2) is 11.0 Å². The highest BCUT2D eigenvalue weighted by molar-refractivity contribution is 6.33. The van der Waals surface area contributed by atoms with Crippen LogP contribution in [0.3, 0.4) is 0 Å². The average Bonchev–Trinajstić information content (AvgIpc) is 2.83.